The number of hydrogen-bond donors (Lipinski definition) is 2. The molecule has 1 aliphatic rings. The highest BCUT2D eigenvalue weighted by Gasteiger charge is 2.25. The van der Waals surface area contributed by atoms with E-state index in [4.69, 9.17) is 4.74 Å². The van der Waals surface area contributed by atoms with Gasteiger partial charge < -0.3 is 15.2 Å². The average Bonchev–Trinajstić information content (AvgIpc) is 2.86. The number of ether oxygens (including phenoxy) is 1. The number of phenols is 1. The van der Waals surface area contributed by atoms with Crippen molar-refractivity contribution in [2.45, 2.75) is 43.5 Å². The third-order valence-electron chi connectivity index (χ3n) is 3.91. The molecular weight excluding hydrogens is 258 g/mol. The second-order valence-electron chi connectivity index (χ2n) is 5.18. The molecule has 0 amide bonds. The molecule has 4 heteroatoms. The fourth-order valence-electron chi connectivity index (χ4n) is 2.77. The molecule has 0 aromatic heterocycles. The quantitative estimate of drug-likeness (QED) is 0.868. The molecule has 2 N–H and O–H groups in total. The van der Waals surface area contributed by atoms with Gasteiger partial charge in [-0.1, -0.05) is 6.07 Å². The van der Waals surface area contributed by atoms with Crippen LogP contribution in [0.25, 0.3) is 0 Å². The topological polar surface area (TPSA) is 41.5 Å². The Balaban J connectivity index is 1.98. The Hall–Kier alpha value is -0.870. The Bertz CT molecular complexity index is 425. The molecule has 3 nitrogen and oxygen atoms in total. The summed E-state index contributed by atoms with van der Waals surface area (Å²) in [5, 5.41) is 14.5. The van der Waals surface area contributed by atoms with Crippen LogP contribution >= 0.6 is 11.8 Å². The van der Waals surface area contributed by atoms with E-state index in [0.717, 1.165) is 10.8 Å². The van der Waals surface area contributed by atoms with Crippen LogP contribution in [0.1, 0.15) is 37.8 Å². The van der Waals surface area contributed by atoms with Gasteiger partial charge in [-0.25, -0.2) is 0 Å². The highest BCUT2D eigenvalue weighted by Crippen LogP contribution is 2.32. The summed E-state index contributed by atoms with van der Waals surface area (Å²) in [7, 11) is 1.61. The first-order chi connectivity index (χ1) is 9.13. The van der Waals surface area contributed by atoms with E-state index in [1.165, 1.54) is 19.3 Å². The maximum Gasteiger partial charge on any atom is 0.124 e. The van der Waals surface area contributed by atoms with E-state index < -0.39 is 0 Å². The van der Waals surface area contributed by atoms with E-state index in [-0.39, 0.29) is 6.04 Å². The highest BCUT2D eigenvalue weighted by atomic mass is 32.2. The van der Waals surface area contributed by atoms with E-state index in [2.05, 4.69) is 18.5 Å². The number of benzene rings is 1. The van der Waals surface area contributed by atoms with Gasteiger partial charge in [-0.3, -0.25) is 0 Å². The molecule has 0 radical (unpaired) electrons. The van der Waals surface area contributed by atoms with Gasteiger partial charge >= 0.3 is 0 Å². The van der Waals surface area contributed by atoms with Gasteiger partial charge in [0.05, 0.1) is 7.11 Å². The Kier molecular flexibility index (Phi) is 4.99. The SMILES string of the molecule is COc1ccc(C(C)NC2CCC(SC)C2)c(O)c1. The molecule has 0 spiro atoms. The molecule has 2 rings (SSSR count). The molecule has 106 valence electrons. The Morgan fingerprint density at radius 1 is 1.42 bits per heavy atom. The third-order valence-corrected chi connectivity index (χ3v) is 5.00. The summed E-state index contributed by atoms with van der Waals surface area (Å²) in [6, 6.07) is 6.23. The molecule has 1 saturated carbocycles. The number of aromatic hydroxyl groups is 1. The largest absolute Gasteiger partial charge is 0.507 e. The Morgan fingerprint density at radius 2 is 2.21 bits per heavy atom. The first-order valence-corrected chi connectivity index (χ1v) is 8.08. The van der Waals surface area contributed by atoms with Crippen LogP contribution in [0.3, 0.4) is 0 Å². The zero-order valence-corrected chi connectivity index (χ0v) is 12.7. The molecule has 1 aliphatic carbocycles. The molecule has 1 fully saturated rings. The fourth-order valence-corrected chi connectivity index (χ4v) is 3.56. The van der Waals surface area contributed by atoms with Crippen molar-refractivity contribution in [2.24, 2.45) is 0 Å². The minimum Gasteiger partial charge on any atom is -0.507 e. The second kappa shape index (κ2) is 6.53. The van der Waals surface area contributed by atoms with E-state index in [9.17, 15) is 5.11 Å². The zero-order valence-electron chi connectivity index (χ0n) is 11.8. The van der Waals surface area contributed by atoms with Crippen LogP contribution in [0.2, 0.25) is 0 Å². The average molecular weight is 281 g/mol. The lowest BCUT2D eigenvalue weighted by atomic mass is 10.1. The number of thioether (sulfide) groups is 1. The number of hydrogen-bond acceptors (Lipinski definition) is 4. The van der Waals surface area contributed by atoms with E-state index in [1.807, 2.05) is 23.9 Å². The van der Waals surface area contributed by atoms with Crippen LogP contribution in [0.5, 0.6) is 11.5 Å². The summed E-state index contributed by atoms with van der Waals surface area (Å²) in [5.74, 6) is 0.996. The number of nitrogens with one attached hydrogen (secondary N) is 1. The summed E-state index contributed by atoms with van der Waals surface area (Å²) in [5.41, 5.74) is 0.938. The van der Waals surface area contributed by atoms with Crippen molar-refractivity contribution in [1.82, 2.24) is 5.32 Å². The summed E-state index contributed by atoms with van der Waals surface area (Å²) < 4.78 is 5.11. The predicted octanol–water partition coefficient (Wildman–Crippen LogP) is 3.34. The maximum absolute atomic E-state index is 10.0. The van der Waals surface area contributed by atoms with Crippen LogP contribution in [-0.2, 0) is 0 Å². The lowest BCUT2D eigenvalue weighted by Crippen LogP contribution is -2.29. The smallest absolute Gasteiger partial charge is 0.124 e. The lowest BCUT2D eigenvalue weighted by molar-refractivity contribution is 0.400. The molecule has 1 aromatic carbocycles. The van der Waals surface area contributed by atoms with Gasteiger partial charge in [0.1, 0.15) is 11.5 Å². The first-order valence-electron chi connectivity index (χ1n) is 6.79. The lowest BCUT2D eigenvalue weighted by Gasteiger charge is -2.21. The van der Waals surface area contributed by atoms with Gasteiger partial charge in [-0.05, 0) is 38.5 Å². The number of phenolic OH excluding ortho intramolecular Hbond substituents is 1. The van der Waals surface area contributed by atoms with Crippen LogP contribution in [0, 0.1) is 0 Å². The monoisotopic (exact) mass is 281 g/mol. The van der Waals surface area contributed by atoms with Crippen LogP contribution in [-0.4, -0.2) is 29.8 Å². The van der Waals surface area contributed by atoms with Crippen molar-refractivity contribution in [2.75, 3.05) is 13.4 Å². The molecular formula is C15H23NO2S. The van der Waals surface area contributed by atoms with Crippen molar-refractivity contribution in [3.05, 3.63) is 23.8 Å². The van der Waals surface area contributed by atoms with Crippen molar-refractivity contribution in [1.29, 1.82) is 0 Å². The van der Waals surface area contributed by atoms with Gasteiger partial charge in [0.25, 0.3) is 0 Å². The highest BCUT2D eigenvalue weighted by molar-refractivity contribution is 7.99. The van der Waals surface area contributed by atoms with E-state index in [1.54, 1.807) is 13.2 Å². The van der Waals surface area contributed by atoms with Gasteiger partial charge in [0, 0.05) is 29.0 Å². The normalized spacial score (nSPS) is 24.4. The minimum absolute atomic E-state index is 0.163. The molecule has 0 bridgehead atoms. The molecule has 1 aromatic rings. The summed E-state index contributed by atoms with van der Waals surface area (Å²) in [6.45, 7) is 2.11. The summed E-state index contributed by atoms with van der Waals surface area (Å²) in [4.78, 5) is 0. The molecule has 0 saturated heterocycles. The summed E-state index contributed by atoms with van der Waals surface area (Å²) in [6.07, 6.45) is 5.93. The second-order valence-corrected chi connectivity index (χ2v) is 6.32. The van der Waals surface area contributed by atoms with Crippen molar-refractivity contribution in [3.63, 3.8) is 0 Å². The van der Waals surface area contributed by atoms with Gasteiger partial charge in [0.15, 0.2) is 0 Å². The predicted molar refractivity (Wildman–Crippen MR) is 81.2 cm³/mol. The fraction of sp³-hybridized carbons (Fsp3) is 0.600. The number of methoxy groups -OCH3 is 1. The Morgan fingerprint density at radius 3 is 2.79 bits per heavy atom. The van der Waals surface area contributed by atoms with Gasteiger partial charge in [-0.2, -0.15) is 11.8 Å². The van der Waals surface area contributed by atoms with Crippen molar-refractivity contribution >= 4 is 11.8 Å². The van der Waals surface area contributed by atoms with Gasteiger partial charge in [-0.15, -0.1) is 0 Å². The first kappa shape index (κ1) is 14.5. The third kappa shape index (κ3) is 3.57. The molecule has 3 unspecified atom stereocenters. The van der Waals surface area contributed by atoms with Gasteiger partial charge in [0.2, 0.25) is 0 Å². The molecule has 0 heterocycles. The van der Waals surface area contributed by atoms with Crippen molar-refractivity contribution < 1.29 is 9.84 Å². The standard InChI is InChI=1S/C15H23NO2S/c1-10(16-11-4-6-13(8-11)19-3)14-7-5-12(18-2)9-15(14)17/h5,7,9-11,13,16-17H,4,6,8H2,1-3H3. The van der Waals surface area contributed by atoms with Crippen LogP contribution in [0.15, 0.2) is 18.2 Å². The molecule has 0 aliphatic heterocycles. The van der Waals surface area contributed by atoms with Crippen LogP contribution < -0.4 is 10.1 Å². The molecule has 19 heavy (non-hydrogen) atoms. The molecule has 3 atom stereocenters. The summed E-state index contributed by atoms with van der Waals surface area (Å²) >= 11 is 1.96. The Labute approximate surface area is 119 Å². The maximum atomic E-state index is 10.0. The zero-order chi connectivity index (χ0) is 13.8. The van der Waals surface area contributed by atoms with Crippen molar-refractivity contribution in [3.8, 4) is 11.5 Å². The van der Waals surface area contributed by atoms with Crippen LogP contribution in [0.4, 0.5) is 0 Å². The minimum atomic E-state index is 0.163. The van der Waals surface area contributed by atoms with E-state index >= 15 is 0 Å². The number of rotatable bonds is 5. The van der Waals surface area contributed by atoms with E-state index in [0.29, 0.717) is 17.5 Å².